The summed E-state index contributed by atoms with van der Waals surface area (Å²) in [5, 5.41) is 12.8. The molecule has 5 rings (SSSR count). The highest BCUT2D eigenvalue weighted by Gasteiger charge is 2.23. The maximum absolute atomic E-state index is 12.9. The average Bonchev–Trinajstić information content (AvgIpc) is 3.48. The number of ether oxygens (including phenoxy) is 2. The maximum Gasteiger partial charge on any atom is 0.262 e. The third kappa shape index (κ3) is 4.90. The van der Waals surface area contributed by atoms with E-state index in [4.69, 9.17) is 21.1 Å². The molecule has 1 N–H and O–H groups in total. The molecule has 0 spiro atoms. The van der Waals surface area contributed by atoms with Gasteiger partial charge in [-0.3, -0.25) is 14.2 Å². The van der Waals surface area contributed by atoms with Crippen LogP contribution in [0.25, 0.3) is 11.4 Å². The van der Waals surface area contributed by atoms with Crippen molar-refractivity contribution in [3.05, 3.63) is 53.1 Å². The first-order chi connectivity index (χ1) is 16.1. The average molecular weight is 485 g/mol. The van der Waals surface area contributed by atoms with Gasteiger partial charge >= 0.3 is 0 Å². The number of amides is 1. The van der Waals surface area contributed by atoms with E-state index in [1.165, 1.54) is 11.8 Å². The normalized spacial score (nSPS) is 17.4. The molecule has 0 saturated carbocycles. The molecule has 8 nitrogen and oxygen atoms in total. The molecule has 0 aliphatic carbocycles. The van der Waals surface area contributed by atoms with Crippen molar-refractivity contribution in [2.24, 2.45) is 0 Å². The molecule has 0 radical (unpaired) electrons. The number of carbonyl (C=O) groups excluding carboxylic acids is 2. The number of benzene rings is 2. The number of ketones is 1. The van der Waals surface area contributed by atoms with E-state index >= 15 is 0 Å². The van der Waals surface area contributed by atoms with Crippen molar-refractivity contribution in [2.75, 3.05) is 24.3 Å². The zero-order valence-electron chi connectivity index (χ0n) is 17.6. The zero-order valence-corrected chi connectivity index (χ0v) is 19.2. The van der Waals surface area contributed by atoms with Gasteiger partial charge in [-0.25, -0.2) is 0 Å². The molecule has 1 atom stereocenters. The van der Waals surface area contributed by atoms with Gasteiger partial charge < -0.3 is 14.8 Å². The van der Waals surface area contributed by atoms with Crippen molar-refractivity contribution in [1.82, 2.24) is 14.8 Å². The van der Waals surface area contributed by atoms with E-state index in [0.717, 1.165) is 25.0 Å². The fraction of sp³-hybridized carbons (Fsp3) is 0.304. The third-order valence-electron chi connectivity index (χ3n) is 5.50. The number of rotatable bonds is 7. The number of hydrogen-bond donors (Lipinski definition) is 1. The number of anilines is 1. The second kappa shape index (κ2) is 9.54. The Balaban J connectivity index is 1.35. The molecule has 3 heterocycles. The molecule has 10 heteroatoms. The Morgan fingerprint density at radius 3 is 2.85 bits per heavy atom. The highest BCUT2D eigenvalue weighted by molar-refractivity contribution is 7.99. The van der Waals surface area contributed by atoms with E-state index in [-0.39, 0.29) is 30.2 Å². The largest absolute Gasteiger partial charge is 0.482 e. The molecule has 1 fully saturated rings. The summed E-state index contributed by atoms with van der Waals surface area (Å²) >= 11 is 7.37. The highest BCUT2D eigenvalue weighted by Crippen LogP contribution is 2.31. The minimum atomic E-state index is -0.238. The fourth-order valence-corrected chi connectivity index (χ4v) is 4.80. The molecular weight excluding hydrogens is 464 g/mol. The second-order valence-corrected chi connectivity index (χ2v) is 9.20. The molecule has 3 aromatic rings. The van der Waals surface area contributed by atoms with Gasteiger partial charge in [0.05, 0.1) is 24.1 Å². The van der Waals surface area contributed by atoms with Gasteiger partial charge in [-0.05, 0) is 55.3 Å². The summed E-state index contributed by atoms with van der Waals surface area (Å²) in [6.07, 6.45) is 2.10. The predicted octanol–water partition coefficient (Wildman–Crippen LogP) is 4.08. The van der Waals surface area contributed by atoms with E-state index in [2.05, 4.69) is 15.5 Å². The van der Waals surface area contributed by atoms with Crippen LogP contribution in [0.4, 0.5) is 5.69 Å². The van der Waals surface area contributed by atoms with Gasteiger partial charge in [0.1, 0.15) is 5.75 Å². The second-order valence-electron chi connectivity index (χ2n) is 7.82. The summed E-state index contributed by atoms with van der Waals surface area (Å²) in [5.74, 6) is 1.13. The lowest BCUT2D eigenvalue weighted by Gasteiger charge is -2.18. The number of aromatic nitrogens is 3. The smallest absolute Gasteiger partial charge is 0.262 e. The van der Waals surface area contributed by atoms with E-state index < -0.39 is 0 Å². The highest BCUT2D eigenvalue weighted by atomic mass is 35.5. The van der Waals surface area contributed by atoms with Gasteiger partial charge in [0.25, 0.3) is 5.91 Å². The van der Waals surface area contributed by atoms with Crippen LogP contribution in [0.1, 0.15) is 23.2 Å². The molecule has 2 aliphatic rings. The minimum Gasteiger partial charge on any atom is -0.482 e. The molecule has 2 aliphatic heterocycles. The lowest BCUT2D eigenvalue weighted by Crippen LogP contribution is -2.25. The predicted molar refractivity (Wildman–Crippen MR) is 125 cm³/mol. The van der Waals surface area contributed by atoms with Crippen molar-refractivity contribution in [1.29, 1.82) is 0 Å². The Morgan fingerprint density at radius 1 is 1.21 bits per heavy atom. The number of hydrogen-bond acceptors (Lipinski definition) is 7. The number of nitrogens with one attached hydrogen (secondary N) is 1. The number of thioether (sulfide) groups is 1. The van der Waals surface area contributed by atoms with Gasteiger partial charge in [-0.1, -0.05) is 23.4 Å². The number of nitrogens with zero attached hydrogens (tertiary/aromatic N) is 3. The molecule has 1 saturated heterocycles. The molecular formula is C23H21ClN4O4S. The van der Waals surface area contributed by atoms with Crippen LogP contribution in [0.15, 0.2) is 47.6 Å². The fourth-order valence-electron chi connectivity index (χ4n) is 3.83. The van der Waals surface area contributed by atoms with Crippen LogP contribution in [0, 0.1) is 0 Å². The van der Waals surface area contributed by atoms with Crippen molar-refractivity contribution in [3.8, 4) is 17.1 Å². The zero-order chi connectivity index (χ0) is 22.8. The summed E-state index contributed by atoms with van der Waals surface area (Å²) in [7, 11) is 0. The van der Waals surface area contributed by atoms with Gasteiger partial charge in [-0.15, -0.1) is 10.2 Å². The number of Topliss-reactive ketones (excluding diaryl/α,β-unsaturated/α-hetero) is 1. The topological polar surface area (TPSA) is 95.3 Å². The van der Waals surface area contributed by atoms with E-state index in [1.807, 2.05) is 28.8 Å². The van der Waals surface area contributed by atoms with Crippen LogP contribution in [-0.2, 0) is 16.1 Å². The first kappa shape index (κ1) is 21.9. The standard InChI is InChI=1S/C23H21ClN4O4S/c24-16-6-3-14(4-7-16)22-26-27-23(28(22)11-17-2-1-9-31-17)33-13-19(29)15-5-8-20-18(10-15)25-21(30)12-32-20/h3-8,10,17H,1-2,9,11-13H2,(H,25,30)/t17-/m1/s1. The molecule has 33 heavy (non-hydrogen) atoms. The summed E-state index contributed by atoms with van der Waals surface area (Å²) in [5.41, 5.74) is 1.90. The number of carbonyl (C=O) groups is 2. The van der Waals surface area contributed by atoms with Gasteiger partial charge in [0.2, 0.25) is 0 Å². The van der Waals surface area contributed by atoms with Crippen LogP contribution in [0.5, 0.6) is 5.75 Å². The van der Waals surface area contributed by atoms with Crippen LogP contribution < -0.4 is 10.1 Å². The van der Waals surface area contributed by atoms with Crippen LogP contribution >= 0.6 is 23.4 Å². The SMILES string of the molecule is O=C1COc2ccc(C(=O)CSc3nnc(-c4ccc(Cl)cc4)n3C[C@H]3CCCO3)cc2N1. The van der Waals surface area contributed by atoms with Gasteiger partial charge in [-0.2, -0.15) is 0 Å². The number of fused-ring (bicyclic) bond motifs is 1. The van der Waals surface area contributed by atoms with Crippen molar-refractivity contribution < 1.29 is 19.1 Å². The van der Waals surface area contributed by atoms with Crippen LogP contribution in [-0.4, -0.2) is 51.5 Å². The Bertz CT molecular complexity index is 1190. The Kier molecular flexibility index (Phi) is 6.34. The molecule has 0 bridgehead atoms. The molecule has 1 aromatic heterocycles. The Labute approximate surface area is 199 Å². The van der Waals surface area contributed by atoms with Gasteiger partial charge in [0.15, 0.2) is 23.4 Å². The Morgan fingerprint density at radius 2 is 2.06 bits per heavy atom. The lowest BCUT2D eigenvalue weighted by molar-refractivity contribution is -0.118. The van der Waals surface area contributed by atoms with E-state index in [1.54, 1.807) is 18.2 Å². The molecule has 2 aromatic carbocycles. The molecule has 1 amide bonds. The van der Waals surface area contributed by atoms with Crippen LogP contribution in [0.2, 0.25) is 5.02 Å². The molecule has 0 unspecified atom stereocenters. The van der Waals surface area contributed by atoms with Crippen LogP contribution in [0.3, 0.4) is 0 Å². The Hall–Kier alpha value is -2.88. The van der Waals surface area contributed by atoms with Gasteiger partial charge in [0, 0.05) is 22.8 Å². The summed E-state index contributed by atoms with van der Waals surface area (Å²) < 4.78 is 13.2. The quantitative estimate of drug-likeness (QED) is 0.398. The monoisotopic (exact) mass is 484 g/mol. The van der Waals surface area contributed by atoms with E-state index in [9.17, 15) is 9.59 Å². The number of halogens is 1. The van der Waals surface area contributed by atoms with E-state index in [0.29, 0.717) is 39.5 Å². The first-order valence-electron chi connectivity index (χ1n) is 10.6. The summed E-state index contributed by atoms with van der Waals surface area (Å²) in [6.45, 7) is 1.35. The maximum atomic E-state index is 12.9. The lowest BCUT2D eigenvalue weighted by atomic mass is 10.1. The van der Waals surface area contributed by atoms with Crippen molar-refractivity contribution in [2.45, 2.75) is 30.6 Å². The summed E-state index contributed by atoms with van der Waals surface area (Å²) in [4.78, 5) is 24.5. The first-order valence-corrected chi connectivity index (χ1v) is 12.0. The summed E-state index contributed by atoms with van der Waals surface area (Å²) in [6, 6.07) is 12.5. The molecule has 170 valence electrons. The third-order valence-corrected chi connectivity index (χ3v) is 6.71. The van der Waals surface area contributed by atoms with Crippen molar-refractivity contribution in [3.63, 3.8) is 0 Å². The minimum absolute atomic E-state index is 0.0214. The van der Waals surface area contributed by atoms with Crippen molar-refractivity contribution >= 4 is 40.7 Å².